The summed E-state index contributed by atoms with van der Waals surface area (Å²) in [7, 11) is 0. The third-order valence-electron chi connectivity index (χ3n) is 1.85. The quantitative estimate of drug-likeness (QED) is 0.767. The van der Waals surface area contributed by atoms with Crippen LogP contribution in [0.3, 0.4) is 0 Å². The minimum Gasteiger partial charge on any atom is -0.406 e. The van der Waals surface area contributed by atoms with Gasteiger partial charge in [-0.05, 0) is 18.2 Å². The Hall–Kier alpha value is -1.56. The number of hydrogen-bond donors (Lipinski definition) is 0. The van der Waals surface area contributed by atoms with Gasteiger partial charge in [-0.15, -0.1) is 13.2 Å². The van der Waals surface area contributed by atoms with Crippen molar-refractivity contribution in [2.75, 3.05) is 0 Å². The number of alkyl halides is 3. The summed E-state index contributed by atoms with van der Waals surface area (Å²) in [5.74, 6) is -1.08. The van der Waals surface area contributed by atoms with Gasteiger partial charge in [-0.25, -0.2) is 4.99 Å². The Morgan fingerprint density at radius 3 is 2.62 bits per heavy atom. The molecule has 0 N–H and O–H groups in total. The molecule has 0 amide bonds. The second-order valence-electron chi connectivity index (χ2n) is 2.96. The zero-order chi connectivity index (χ0) is 11.9. The highest BCUT2D eigenvalue weighted by Gasteiger charge is 2.32. The van der Waals surface area contributed by atoms with Gasteiger partial charge in [0.1, 0.15) is 5.75 Å². The molecule has 0 aliphatic carbocycles. The summed E-state index contributed by atoms with van der Waals surface area (Å²) < 4.78 is 39.4. The van der Waals surface area contributed by atoms with Crippen LogP contribution < -0.4 is 4.74 Å². The van der Waals surface area contributed by atoms with Gasteiger partial charge in [-0.3, -0.25) is 4.79 Å². The summed E-state index contributed by atoms with van der Waals surface area (Å²) in [6.07, 6.45) is -4.79. The van der Waals surface area contributed by atoms with E-state index in [9.17, 15) is 18.0 Å². The fraction of sp³-hybridized carbons (Fsp3) is 0.111. The lowest BCUT2D eigenvalue weighted by atomic mass is 10.1. The molecule has 1 aromatic carbocycles. The minimum atomic E-state index is -4.79. The van der Waals surface area contributed by atoms with Gasteiger partial charge in [0.25, 0.3) is 0 Å². The van der Waals surface area contributed by atoms with Crippen LogP contribution >= 0.6 is 11.6 Å². The monoisotopic (exact) mass is 249 g/mol. The lowest BCUT2D eigenvalue weighted by Gasteiger charge is -2.09. The van der Waals surface area contributed by atoms with Crippen LogP contribution in [0.4, 0.5) is 18.9 Å². The van der Waals surface area contributed by atoms with Gasteiger partial charge in [-0.1, -0.05) is 11.6 Å². The summed E-state index contributed by atoms with van der Waals surface area (Å²) >= 11 is 5.45. The normalized spacial score (nSPS) is 14.8. The van der Waals surface area contributed by atoms with E-state index in [0.717, 1.165) is 12.1 Å². The van der Waals surface area contributed by atoms with Crippen LogP contribution in [0.2, 0.25) is 0 Å². The molecule has 16 heavy (non-hydrogen) atoms. The maximum absolute atomic E-state index is 11.9. The summed E-state index contributed by atoms with van der Waals surface area (Å²) in [4.78, 5) is 15.0. The Morgan fingerprint density at radius 1 is 1.31 bits per heavy atom. The second kappa shape index (κ2) is 3.48. The molecule has 0 atom stereocenters. The third-order valence-corrected chi connectivity index (χ3v) is 2.11. The Balaban J connectivity index is 2.34. The van der Waals surface area contributed by atoms with Crippen molar-refractivity contribution in [1.29, 1.82) is 0 Å². The number of aliphatic imine (C=N–C) groups is 1. The van der Waals surface area contributed by atoms with Gasteiger partial charge in [-0.2, -0.15) is 0 Å². The van der Waals surface area contributed by atoms with E-state index in [2.05, 4.69) is 9.73 Å². The van der Waals surface area contributed by atoms with Crippen LogP contribution in [-0.4, -0.2) is 17.3 Å². The van der Waals surface area contributed by atoms with Crippen LogP contribution in [0.25, 0.3) is 0 Å². The topological polar surface area (TPSA) is 38.7 Å². The Kier molecular flexibility index (Phi) is 2.38. The van der Waals surface area contributed by atoms with E-state index in [1.165, 1.54) is 6.07 Å². The predicted octanol–water partition coefficient (Wildman–Crippen LogP) is 3.05. The molecule has 0 saturated heterocycles. The zero-order valence-electron chi connectivity index (χ0n) is 7.51. The molecule has 1 aliphatic rings. The zero-order valence-corrected chi connectivity index (χ0v) is 8.26. The number of fused-ring (bicyclic) bond motifs is 1. The predicted molar refractivity (Wildman–Crippen MR) is 50.4 cm³/mol. The van der Waals surface area contributed by atoms with E-state index < -0.39 is 17.9 Å². The fourth-order valence-corrected chi connectivity index (χ4v) is 1.45. The molecule has 0 fully saturated rings. The number of rotatable bonds is 1. The standard InChI is InChI=1S/C9H3ClF3NO2/c10-8-7(15)5-3-4(16-9(11,12)13)1-2-6(5)14-8/h1-3H. The number of carbonyl (C=O) groups excluding carboxylic acids is 1. The fourth-order valence-electron chi connectivity index (χ4n) is 1.26. The minimum absolute atomic E-state index is 0.00625. The van der Waals surface area contributed by atoms with Gasteiger partial charge in [0.2, 0.25) is 5.78 Å². The molecule has 84 valence electrons. The van der Waals surface area contributed by atoms with Crippen LogP contribution in [0, 0.1) is 0 Å². The van der Waals surface area contributed by atoms with Crippen molar-refractivity contribution in [3.8, 4) is 5.75 Å². The van der Waals surface area contributed by atoms with Crippen molar-refractivity contribution in [3.63, 3.8) is 0 Å². The van der Waals surface area contributed by atoms with Gasteiger partial charge in [0, 0.05) is 0 Å². The van der Waals surface area contributed by atoms with Crippen LogP contribution in [-0.2, 0) is 0 Å². The third kappa shape index (κ3) is 2.01. The highest BCUT2D eigenvalue weighted by molar-refractivity contribution is 6.86. The molecule has 0 bridgehead atoms. The van der Waals surface area contributed by atoms with Crippen molar-refractivity contribution < 1.29 is 22.7 Å². The number of hydrogen-bond acceptors (Lipinski definition) is 3. The van der Waals surface area contributed by atoms with E-state index in [0.29, 0.717) is 0 Å². The number of halogens is 4. The Morgan fingerprint density at radius 2 is 2.00 bits per heavy atom. The first-order valence-corrected chi connectivity index (χ1v) is 4.43. The molecule has 3 nitrogen and oxygen atoms in total. The van der Waals surface area contributed by atoms with Gasteiger partial charge < -0.3 is 4.74 Å². The number of ketones is 1. The molecule has 1 aromatic rings. The summed E-state index contributed by atoms with van der Waals surface area (Å²) in [6.45, 7) is 0. The first kappa shape index (κ1) is 10.9. The molecular weight excluding hydrogens is 247 g/mol. The van der Waals surface area contributed by atoms with E-state index in [4.69, 9.17) is 11.6 Å². The van der Waals surface area contributed by atoms with E-state index in [1.54, 1.807) is 0 Å². The summed E-state index contributed by atoms with van der Waals surface area (Å²) in [5.41, 5.74) is 0.247. The van der Waals surface area contributed by atoms with Crippen molar-refractivity contribution in [1.82, 2.24) is 0 Å². The van der Waals surface area contributed by atoms with Gasteiger partial charge in [0.05, 0.1) is 11.3 Å². The summed E-state index contributed by atoms with van der Waals surface area (Å²) in [6, 6.07) is 3.27. The average molecular weight is 250 g/mol. The van der Waals surface area contributed by atoms with Crippen molar-refractivity contribution in [2.24, 2.45) is 4.99 Å². The van der Waals surface area contributed by atoms with Crippen LogP contribution in [0.5, 0.6) is 5.75 Å². The first-order chi connectivity index (χ1) is 7.37. The highest BCUT2D eigenvalue weighted by Crippen LogP contribution is 2.33. The molecule has 0 spiro atoms. The lowest BCUT2D eigenvalue weighted by molar-refractivity contribution is -0.274. The molecule has 2 rings (SSSR count). The van der Waals surface area contributed by atoms with Crippen LogP contribution in [0.15, 0.2) is 23.2 Å². The molecular formula is C9H3ClF3NO2. The molecule has 0 unspecified atom stereocenters. The molecule has 1 heterocycles. The molecule has 0 radical (unpaired) electrons. The SMILES string of the molecule is O=C1C(Cl)=Nc2ccc(OC(F)(F)F)cc21. The number of nitrogens with zero attached hydrogens (tertiary/aromatic N) is 1. The lowest BCUT2D eigenvalue weighted by Crippen LogP contribution is -2.17. The van der Waals surface area contributed by atoms with Crippen LogP contribution in [0.1, 0.15) is 10.4 Å². The maximum atomic E-state index is 11.9. The Labute approximate surface area is 92.5 Å². The number of benzene rings is 1. The number of ether oxygens (including phenoxy) is 1. The molecule has 0 aromatic heterocycles. The Bertz CT molecular complexity index is 496. The van der Waals surface area contributed by atoms with E-state index >= 15 is 0 Å². The molecule has 7 heteroatoms. The summed E-state index contributed by atoms with van der Waals surface area (Å²) in [5, 5.41) is -0.265. The van der Waals surface area contributed by atoms with Crippen molar-refractivity contribution >= 4 is 28.2 Å². The smallest absolute Gasteiger partial charge is 0.406 e. The van der Waals surface area contributed by atoms with E-state index in [1.807, 2.05) is 0 Å². The largest absolute Gasteiger partial charge is 0.573 e. The second-order valence-corrected chi connectivity index (χ2v) is 3.32. The molecule has 0 saturated carbocycles. The van der Waals surface area contributed by atoms with E-state index in [-0.39, 0.29) is 16.4 Å². The number of Topliss-reactive ketones (excluding diaryl/α,β-unsaturated/α-hetero) is 1. The van der Waals surface area contributed by atoms with Crippen molar-refractivity contribution in [2.45, 2.75) is 6.36 Å². The first-order valence-electron chi connectivity index (χ1n) is 4.05. The average Bonchev–Trinajstić information content (AvgIpc) is 2.42. The number of carbonyl (C=O) groups is 1. The van der Waals surface area contributed by atoms with Gasteiger partial charge >= 0.3 is 6.36 Å². The molecule has 1 aliphatic heterocycles. The van der Waals surface area contributed by atoms with Gasteiger partial charge in [0.15, 0.2) is 5.17 Å². The van der Waals surface area contributed by atoms with Crippen molar-refractivity contribution in [3.05, 3.63) is 23.8 Å². The maximum Gasteiger partial charge on any atom is 0.573 e. The highest BCUT2D eigenvalue weighted by atomic mass is 35.5.